The topological polar surface area (TPSA) is 172 Å². The third kappa shape index (κ3) is 5.43. The fourth-order valence-corrected chi connectivity index (χ4v) is 4.28. The molecule has 0 fully saturated rings. The van der Waals surface area contributed by atoms with Crippen molar-refractivity contribution in [2.45, 2.75) is 17.7 Å². The zero-order valence-electron chi connectivity index (χ0n) is 18.7. The number of carboxylic acids is 1. The van der Waals surface area contributed by atoms with Crippen molar-refractivity contribution in [3.05, 3.63) is 78.5 Å². The fourth-order valence-electron chi connectivity index (χ4n) is 3.57. The van der Waals surface area contributed by atoms with Crippen LogP contribution in [0.2, 0.25) is 0 Å². The number of nitrogens with two attached hydrogens (primary N) is 1. The van der Waals surface area contributed by atoms with E-state index < -0.39 is 16.1 Å². The number of nitrogens with zero attached hydrogens (tertiary/aromatic N) is 3. The monoisotopic (exact) mass is 504 g/mol. The average molecular weight is 505 g/mol. The van der Waals surface area contributed by atoms with Gasteiger partial charge in [-0.1, -0.05) is 48.5 Å². The van der Waals surface area contributed by atoms with E-state index in [0.29, 0.717) is 22.3 Å². The molecule has 4 aromatic rings. The van der Waals surface area contributed by atoms with Gasteiger partial charge in [0.05, 0.1) is 24.0 Å². The Balaban J connectivity index is 1.56. The van der Waals surface area contributed by atoms with Gasteiger partial charge < -0.3 is 10.8 Å². The highest BCUT2D eigenvalue weighted by Crippen LogP contribution is 2.36. The van der Waals surface area contributed by atoms with Gasteiger partial charge in [-0.15, -0.1) is 10.2 Å². The zero-order chi connectivity index (χ0) is 25.9. The van der Waals surface area contributed by atoms with Gasteiger partial charge in [0.25, 0.3) is 10.1 Å². The molecule has 0 saturated heterocycles. The van der Waals surface area contributed by atoms with Crippen LogP contribution in [0.3, 0.4) is 0 Å². The first kappa shape index (κ1) is 24.6. The average Bonchev–Trinajstić information content (AvgIpc) is 2.86. The number of benzene rings is 3. The van der Waals surface area contributed by atoms with Crippen LogP contribution in [-0.4, -0.2) is 34.8 Å². The molecule has 0 aliphatic carbocycles. The number of rotatable bonds is 8. The molecule has 0 radical (unpaired) electrons. The summed E-state index contributed by atoms with van der Waals surface area (Å²) in [5.74, 6) is -1.28. The number of carbonyl (C=O) groups is 2. The molecule has 0 spiro atoms. The fraction of sp³-hybridized carbons (Fsp3) is 0.0800. The van der Waals surface area contributed by atoms with Gasteiger partial charge in [0.1, 0.15) is 16.3 Å². The predicted molar refractivity (Wildman–Crippen MR) is 133 cm³/mol. The molecule has 36 heavy (non-hydrogen) atoms. The van der Waals surface area contributed by atoms with Crippen molar-refractivity contribution in [2.75, 3.05) is 5.73 Å². The SMILES string of the molecule is Nc1c(/N=N/c2ccc(-c3ccc(C(=O)CCC(=O)O)cc3)nc2)cc(S(=O)(=O)O)c2ccccc12. The minimum Gasteiger partial charge on any atom is -0.481 e. The highest BCUT2D eigenvalue weighted by Gasteiger charge is 2.18. The largest absolute Gasteiger partial charge is 0.481 e. The molecule has 11 heteroatoms. The maximum Gasteiger partial charge on any atom is 0.303 e. The molecule has 1 heterocycles. The van der Waals surface area contributed by atoms with Crippen LogP contribution in [-0.2, 0) is 14.9 Å². The quantitative estimate of drug-likeness (QED) is 0.127. The lowest BCUT2D eigenvalue weighted by Gasteiger charge is -2.09. The molecule has 1 aromatic heterocycles. The van der Waals surface area contributed by atoms with E-state index in [0.717, 1.165) is 11.6 Å². The van der Waals surface area contributed by atoms with E-state index in [1.165, 1.54) is 12.3 Å². The van der Waals surface area contributed by atoms with E-state index in [4.69, 9.17) is 10.8 Å². The molecule has 0 saturated carbocycles. The number of anilines is 1. The maximum absolute atomic E-state index is 12.0. The van der Waals surface area contributed by atoms with E-state index in [9.17, 15) is 22.6 Å². The van der Waals surface area contributed by atoms with Gasteiger partial charge in [-0.05, 0) is 18.2 Å². The van der Waals surface area contributed by atoms with E-state index in [1.807, 2.05) is 0 Å². The molecule has 4 N–H and O–H groups in total. The Labute approximate surface area is 205 Å². The Morgan fingerprint density at radius 3 is 2.22 bits per heavy atom. The van der Waals surface area contributed by atoms with Crippen molar-refractivity contribution in [1.82, 2.24) is 4.98 Å². The van der Waals surface area contributed by atoms with Crippen LogP contribution in [0.25, 0.3) is 22.0 Å². The maximum atomic E-state index is 12.0. The second kappa shape index (κ2) is 10.0. The summed E-state index contributed by atoms with van der Waals surface area (Å²) < 4.78 is 33.4. The first-order valence-corrected chi connectivity index (χ1v) is 12.1. The normalized spacial score (nSPS) is 11.7. The van der Waals surface area contributed by atoms with Crippen molar-refractivity contribution in [2.24, 2.45) is 10.2 Å². The molecule has 0 bridgehead atoms. The molecule has 0 amide bonds. The highest BCUT2D eigenvalue weighted by atomic mass is 32.2. The number of Topliss-reactive ketones (excluding diaryl/α,β-unsaturated/α-hetero) is 1. The van der Waals surface area contributed by atoms with Crippen LogP contribution in [0.15, 0.2) is 88.1 Å². The predicted octanol–water partition coefficient (Wildman–Crippen LogP) is 5.19. The van der Waals surface area contributed by atoms with E-state index >= 15 is 0 Å². The number of azo groups is 1. The number of aliphatic carboxylic acids is 1. The summed E-state index contributed by atoms with van der Waals surface area (Å²) in [6.07, 6.45) is 1.17. The number of ketones is 1. The number of hydrogen-bond acceptors (Lipinski definition) is 8. The third-order valence-electron chi connectivity index (χ3n) is 5.39. The van der Waals surface area contributed by atoms with Crippen LogP contribution in [0.1, 0.15) is 23.2 Å². The summed E-state index contributed by atoms with van der Waals surface area (Å²) in [4.78, 5) is 26.7. The smallest absolute Gasteiger partial charge is 0.303 e. The number of hydrogen-bond donors (Lipinski definition) is 3. The summed E-state index contributed by atoms with van der Waals surface area (Å²) in [6, 6.07) is 17.7. The first-order valence-electron chi connectivity index (χ1n) is 10.7. The minimum atomic E-state index is -4.52. The Kier molecular flexibility index (Phi) is 6.86. The number of fused-ring (bicyclic) bond motifs is 1. The summed E-state index contributed by atoms with van der Waals surface area (Å²) in [5.41, 5.74) is 8.60. The van der Waals surface area contributed by atoms with Crippen LogP contribution in [0, 0.1) is 0 Å². The molecule has 0 aliphatic rings. The summed E-state index contributed by atoms with van der Waals surface area (Å²) >= 11 is 0. The molecular formula is C25H20N4O6S. The number of aromatic nitrogens is 1. The Hall–Kier alpha value is -4.48. The number of carbonyl (C=O) groups excluding carboxylic acids is 1. The Morgan fingerprint density at radius 2 is 1.61 bits per heavy atom. The van der Waals surface area contributed by atoms with Crippen LogP contribution >= 0.6 is 0 Å². The molecular weight excluding hydrogens is 484 g/mol. The van der Waals surface area contributed by atoms with Crippen molar-refractivity contribution in [3.8, 4) is 11.3 Å². The lowest BCUT2D eigenvalue weighted by molar-refractivity contribution is -0.136. The summed E-state index contributed by atoms with van der Waals surface area (Å²) in [6.45, 7) is 0. The van der Waals surface area contributed by atoms with Crippen LogP contribution in [0.5, 0.6) is 0 Å². The van der Waals surface area contributed by atoms with Gasteiger partial charge in [-0.3, -0.25) is 19.1 Å². The zero-order valence-corrected chi connectivity index (χ0v) is 19.5. The molecule has 0 atom stereocenters. The van der Waals surface area contributed by atoms with Crippen molar-refractivity contribution in [1.29, 1.82) is 0 Å². The molecule has 3 aromatic carbocycles. The van der Waals surface area contributed by atoms with Gasteiger partial charge in [0.15, 0.2) is 5.78 Å². The van der Waals surface area contributed by atoms with E-state index in [-0.39, 0.29) is 40.3 Å². The molecule has 0 aliphatic heterocycles. The second-order valence-corrected chi connectivity index (χ2v) is 9.21. The van der Waals surface area contributed by atoms with Crippen LogP contribution < -0.4 is 5.73 Å². The molecule has 0 unspecified atom stereocenters. The molecule has 10 nitrogen and oxygen atoms in total. The summed E-state index contributed by atoms with van der Waals surface area (Å²) in [5, 5.41) is 17.6. The van der Waals surface area contributed by atoms with Crippen molar-refractivity contribution >= 4 is 49.7 Å². The Bertz CT molecular complexity index is 1600. The van der Waals surface area contributed by atoms with Gasteiger partial charge in [0.2, 0.25) is 0 Å². The summed E-state index contributed by atoms with van der Waals surface area (Å²) in [7, 11) is -4.52. The van der Waals surface area contributed by atoms with Gasteiger partial charge in [-0.25, -0.2) is 0 Å². The van der Waals surface area contributed by atoms with Gasteiger partial charge >= 0.3 is 5.97 Å². The van der Waals surface area contributed by atoms with Crippen molar-refractivity contribution < 1.29 is 27.7 Å². The first-order chi connectivity index (χ1) is 17.1. The van der Waals surface area contributed by atoms with E-state index in [1.54, 1.807) is 54.6 Å². The molecule has 4 rings (SSSR count). The third-order valence-corrected chi connectivity index (χ3v) is 6.29. The van der Waals surface area contributed by atoms with Gasteiger partial charge in [-0.2, -0.15) is 8.42 Å². The van der Waals surface area contributed by atoms with Crippen LogP contribution in [0.4, 0.5) is 17.1 Å². The number of carboxylic acid groups (broad SMARTS) is 1. The Morgan fingerprint density at radius 1 is 0.917 bits per heavy atom. The highest BCUT2D eigenvalue weighted by molar-refractivity contribution is 7.86. The standard InChI is InChI=1S/C25H20N4O6S/c26-25-19-4-2-1-3-18(19)23(36(33,34)35)13-21(25)29-28-17-9-10-20(27-14-17)15-5-7-16(8-6-15)22(30)11-12-24(31)32/h1-10,13-14H,11-12,26H2,(H,31,32)(H,33,34,35)/b29-28+. The molecule has 182 valence electrons. The minimum absolute atomic E-state index is 0.0694. The van der Waals surface area contributed by atoms with Crippen molar-refractivity contribution in [3.63, 3.8) is 0 Å². The van der Waals surface area contributed by atoms with Gasteiger partial charge in [0, 0.05) is 28.3 Å². The lowest BCUT2D eigenvalue weighted by Crippen LogP contribution is -2.03. The number of nitrogen functional groups attached to an aromatic ring is 1. The lowest BCUT2D eigenvalue weighted by atomic mass is 10.0. The second-order valence-electron chi connectivity index (χ2n) is 7.82. The van der Waals surface area contributed by atoms with E-state index in [2.05, 4.69) is 15.2 Å². The number of pyridine rings is 1.